The summed E-state index contributed by atoms with van der Waals surface area (Å²) in [6.07, 6.45) is 10.4. The van der Waals surface area contributed by atoms with Gasteiger partial charge in [0, 0.05) is 0 Å². The van der Waals surface area contributed by atoms with Crippen molar-refractivity contribution in [3.8, 4) is 0 Å². The molecule has 0 fully saturated rings. The van der Waals surface area contributed by atoms with Crippen LogP contribution in [0.2, 0.25) is 0 Å². The number of hydrogen-bond acceptors (Lipinski definition) is 2. The van der Waals surface area contributed by atoms with E-state index in [9.17, 15) is 14.4 Å². The van der Waals surface area contributed by atoms with Gasteiger partial charge in [0.15, 0.2) is 0 Å². The van der Waals surface area contributed by atoms with Gasteiger partial charge in [0.05, 0.1) is 6.10 Å². The molecule has 0 bridgehead atoms. The Morgan fingerprint density at radius 2 is 1.23 bits per heavy atom. The number of rotatable bonds is 14. The van der Waals surface area contributed by atoms with Crippen LogP contribution in [0.5, 0.6) is 0 Å². The average molecular weight is 336 g/mol. The average Bonchev–Trinajstić information content (AvgIpc) is 2.46. The first-order valence-corrected chi connectivity index (χ1v) is 10.7. The maximum atomic E-state index is 11.4. The quantitative estimate of drug-likeness (QED) is 0.316. The SMILES string of the molecule is CCCCCC(CC)C(OP(=O)(O)O)C(CC)CCCCC. The van der Waals surface area contributed by atoms with E-state index in [1.165, 1.54) is 12.8 Å². The van der Waals surface area contributed by atoms with Crippen molar-refractivity contribution < 1.29 is 18.9 Å². The van der Waals surface area contributed by atoms with E-state index in [2.05, 4.69) is 27.7 Å². The molecular formula is C17H37O4P. The van der Waals surface area contributed by atoms with Gasteiger partial charge in [-0.05, 0) is 24.7 Å². The highest BCUT2D eigenvalue weighted by Crippen LogP contribution is 2.44. The summed E-state index contributed by atoms with van der Waals surface area (Å²) in [6.45, 7) is 8.55. The Morgan fingerprint density at radius 3 is 1.50 bits per heavy atom. The van der Waals surface area contributed by atoms with E-state index in [4.69, 9.17) is 4.52 Å². The first kappa shape index (κ1) is 22.1. The van der Waals surface area contributed by atoms with Crippen LogP contribution >= 0.6 is 7.82 Å². The van der Waals surface area contributed by atoms with Crippen molar-refractivity contribution in [3.63, 3.8) is 0 Å². The molecule has 2 unspecified atom stereocenters. The van der Waals surface area contributed by atoms with Crippen molar-refractivity contribution >= 4 is 7.82 Å². The second-order valence-electron chi connectivity index (χ2n) is 6.39. The Morgan fingerprint density at radius 1 is 0.818 bits per heavy atom. The second kappa shape index (κ2) is 12.5. The summed E-state index contributed by atoms with van der Waals surface area (Å²) in [5.74, 6) is 0.483. The zero-order chi connectivity index (χ0) is 17.0. The summed E-state index contributed by atoms with van der Waals surface area (Å²) in [6, 6.07) is 0. The number of phosphoric acid groups is 1. The highest BCUT2D eigenvalue weighted by Gasteiger charge is 2.33. The third-order valence-corrected chi connectivity index (χ3v) is 5.11. The smallest absolute Gasteiger partial charge is 0.303 e. The molecule has 2 atom stereocenters. The Kier molecular flexibility index (Phi) is 12.6. The van der Waals surface area contributed by atoms with Crippen LogP contribution in [-0.2, 0) is 9.09 Å². The van der Waals surface area contributed by atoms with E-state index >= 15 is 0 Å². The van der Waals surface area contributed by atoms with Crippen LogP contribution < -0.4 is 0 Å². The van der Waals surface area contributed by atoms with E-state index in [0.717, 1.165) is 51.4 Å². The normalized spacial score (nSPS) is 16.5. The summed E-state index contributed by atoms with van der Waals surface area (Å²) < 4.78 is 16.7. The molecule has 0 heterocycles. The summed E-state index contributed by atoms with van der Waals surface area (Å²) in [5.41, 5.74) is 0. The minimum absolute atomic E-state index is 0.241. The molecular weight excluding hydrogens is 299 g/mol. The molecule has 0 aromatic carbocycles. The molecule has 0 aromatic heterocycles. The van der Waals surface area contributed by atoms with Crippen LogP contribution in [0.15, 0.2) is 0 Å². The molecule has 0 spiro atoms. The topological polar surface area (TPSA) is 66.8 Å². The van der Waals surface area contributed by atoms with E-state index in [-0.39, 0.29) is 17.9 Å². The molecule has 0 aromatic rings. The van der Waals surface area contributed by atoms with Crippen molar-refractivity contribution in [1.82, 2.24) is 0 Å². The lowest BCUT2D eigenvalue weighted by Gasteiger charge is -2.33. The van der Waals surface area contributed by atoms with Gasteiger partial charge >= 0.3 is 7.82 Å². The van der Waals surface area contributed by atoms with Crippen molar-refractivity contribution in [1.29, 1.82) is 0 Å². The van der Waals surface area contributed by atoms with Gasteiger partial charge in [-0.1, -0.05) is 79.1 Å². The van der Waals surface area contributed by atoms with E-state index in [0.29, 0.717) is 0 Å². The predicted molar refractivity (Wildman–Crippen MR) is 92.8 cm³/mol. The predicted octanol–water partition coefficient (Wildman–Crippen LogP) is 5.68. The lowest BCUT2D eigenvalue weighted by Crippen LogP contribution is -2.31. The van der Waals surface area contributed by atoms with Crippen LogP contribution in [0.3, 0.4) is 0 Å². The van der Waals surface area contributed by atoms with Crippen molar-refractivity contribution in [3.05, 3.63) is 0 Å². The molecule has 0 aliphatic carbocycles. The number of hydrogen-bond donors (Lipinski definition) is 2. The molecule has 0 radical (unpaired) electrons. The lowest BCUT2D eigenvalue weighted by molar-refractivity contribution is 0.0311. The Hall–Kier alpha value is 0.110. The van der Waals surface area contributed by atoms with Gasteiger partial charge in [0.1, 0.15) is 0 Å². The number of unbranched alkanes of at least 4 members (excludes halogenated alkanes) is 4. The highest BCUT2D eigenvalue weighted by molar-refractivity contribution is 7.46. The van der Waals surface area contributed by atoms with Gasteiger partial charge in [-0.25, -0.2) is 4.57 Å². The third-order valence-electron chi connectivity index (χ3n) is 4.59. The van der Waals surface area contributed by atoms with Crippen molar-refractivity contribution in [2.24, 2.45) is 11.8 Å². The molecule has 0 aliphatic heterocycles. The van der Waals surface area contributed by atoms with Gasteiger partial charge in [-0.15, -0.1) is 0 Å². The fraction of sp³-hybridized carbons (Fsp3) is 1.00. The minimum Gasteiger partial charge on any atom is -0.303 e. The molecule has 0 saturated heterocycles. The standard InChI is InChI=1S/C17H37O4P/c1-5-9-11-13-15(7-3)17(21-22(18,19)20)16(8-4)14-12-10-6-2/h15-17H,5-14H2,1-4H3,(H2,18,19,20). The zero-order valence-electron chi connectivity index (χ0n) is 15.0. The summed E-state index contributed by atoms with van der Waals surface area (Å²) in [5, 5.41) is 0. The molecule has 0 aliphatic rings. The van der Waals surface area contributed by atoms with Crippen LogP contribution in [0, 0.1) is 11.8 Å². The monoisotopic (exact) mass is 336 g/mol. The van der Waals surface area contributed by atoms with Crippen LogP contribution in [0.1, 0.15) is 91.9 Å². The van der Waals surface area contributed by atoms with Gasteiger partial charge < -0.3 is 9.79 Å². The molecule has 0 amide bonds. The second-order valence-corrected chi connectivity index (χ2v) is 7.58. The van der Waals surface area contributed by atoms with E-state index < -0.39 is 7.82 Å². The largest absolute Gasteiger partial charge is 0.469 e. The van der Waals surface area contributed by atoms with Gasteiger partial charge in [-0.3, -0.25) is 4.52 Å². The molecule has 0 saturated carbocycles. The molecule has 5 heteroatoms. The molecule has 0 rings (SSSR count). The Labute approximate surface area is 137 Å². The van der Waals surface area contributed by atoms with Gasteiger partial charge in [-0.2, -0.15) is 0 Å². The summed E-state index contributed by atoms with van der Waals surface area (Å²) >= 11 is 0. The summed E-state index contributed by atoms with van der Waals surface area (Å²) in [4.78, 5) is 18.6. The van der Waals surface area contributed by atoms with E-state index in [1.54, 1.807) is 0 Å². The molecule has 4 nitrogen and oxygen atoms in total. The van der Waals surface area contributed by atoms with Gasteiger partial charge in [0.2, 0.25) is 0 Å². The molecule has 2 N–H and O–H groups in total. The van der Waals surface area contributed by atoms with Crippen LogP contribution in [-0.4, -0.2) is 15.9 Å². The van der Waals surface area contributed by atoms with Crippen LogP contribution in [0.4, 0.5) is 0 Å². The molecule has 22 heavy (non-hydrogen) atoms. The first-order chi connectivity index (χ1) is 10.4. The van der Waals surface area contributed by atoms with Gasteiger partial charge in [0.25, 0.3) is 0 Å². The highest BCUT2D eigenvalue weighted by atomic mass is 31.2. The number of phosphoric ester groups is 1. The van der Waals surface area contributed by atoms with E-state index in [1.807, 2.05) is 0 Å². The minimum atomic E-state index is -4.43. The maximum absolute atomic E-state index is 11.4. The first-order valence-electron chi connectivity index (χ1n) is 9.13. The molecule has 134 valence electrons. The van der Waals surface area contributed by atoms with Crippen molar-refractivity contribution in [2.45, 2.75) is 98.0 Å². The lowest BCUT2D eigenvalue weighted by atomic mass is 9.82. The zero-order valence-corrected chi connectivity index (χ0v) is 15.9. The fourth-order valence-electron chi connectivity index (χ4n) is 3.23. The third kappa shape index (κ3) is 9.99. The Balaban J connectivity index is 4.90. The fourth-order valence-corrected chi connectivity index (χ4v) is 3.89. The van der Waals surface area contributed by atoms with Crippen LogP contribution in [0.25, 0.3) is 0 Å². The maximum Gasteiger partial charge on any atom is 0.469 e. The van der Waals surface area contributed by atoms with Crippen molar-refractivity contribution in [2.75, 3.05) is 0 Å². The Bertz CT molecular complexity index is 285. The summed E-state index contributed by atoms with van der Waals surface area (Å²) in [7, 11) is -4.43.